The van der Waals surface area contributed by atoms with E-state index in [0.717, 1.165) is 0 Å². The number of ketones is 1. The van der Waals surface area contributed by atoms with Gasteiger partial charge in [-0.1, -0.05) is 6.07 Å². The first-order chi connectivity index (χ1) is 8.08. The summed E-state index contributed by atoms with van der Waals surface area (Å²) in [5.41, 5.74) is 1.16. The van der Waals surface area contributed by atoms with Gasteiger partial charge in [-0.2, -0.15) is 0 Å². The maximum absolute atomic E-state index is 11.5. The molecule has 0 bridgehead atoms. The molecule has 0 radical (unpaired) electrons. The molecule has 4 heteroatoms. The molecule has 0 saturated heterocycles. The Morgan fingerprint density at radius 2 is 2.00 bits per heavy atom. The number of carbonyl (C=O) groups excluding carboxylic acids is 2. The molecule has 1 rings (SSSR count). The third-order valence-corrected chi connectivity index (χ3v) is 2.34. The van der Waals surface area contributed by atoms with E-state index in [1.165, 1.54) is 14.0 Å². The normalized spacial score (nSPS) is 9.82. The van der Waals surface area contributed by atoms with Crippen molar-refractivity contribution < 1.29 is 19.1 Å². The highest BCUT2D eigenvalue weighted by molar-refractivity contribution is 5.97. The van der Waals surface area contributed by atoms with E-state index in [1.807, 2.05) is 0 Å². The third kappa shape index (κ3) is 3.59. The van der Waals surface area contributed by atoms with Crippen LogP contribution in [0.1, 0.15) is 29.8 Å². The molecule has 0 unspecified atom stereocenters. The molecular formula is C13H16O4. The van der Waals surface area contributed by atoms with E-state index in [2.05, 4.69) is 0 Å². The lowest BCUT2D eigenvalue weighted by Gasteiger charge is -2.08. The Balaban J connectivity index is 2.98. The summed E-state index contributed by atoms with van der Waals surface area (Å²) in [6.07, 6.45) is 0.104. The van der Waals surface area contributed by atoms with Crippen molar-refractivity contribution in [2.45, 2.75) is 20.3 Å². The molecule has 0 aliphatic carbocycles. The predicted molar refractivity (Wildman–Crippen MR) is 63.3 cm³/mol. The van der Waals surface area contributed by atoms with Crippen molar-refractivity contribution in [3.8, 4) is 5.75 Å². The Morgan fingerprint density at radius 3 is 2.53 bits per heavy atom. The van der Waals surface area contributed by atoms with Gasteiger partial charge in [-0.3, -0.25) is 9.59 Å². The summed E-state index contributed by atoms with van der Waals surface area (Å²) < 4.78 is 9.90. The number of esters is 1. The second kappa shape index (κ2) is 6.03. The van der Waals surface area contributed by atoms with Crippen LogP contribution in [0.15, 0.2) is 18.2 Å². The first-order valence-electron chi connectivity index (χ1n) is 5.42. The van der Waals surface area contributed by atoms with E-state index >= 15 is 0 Å². The highest BCUT2D eigenvalue weighted by Gasteiger charge is 2.12. The average molecular weight is 236 g/mol. The molecule has 4 nitrogen and oxygen atoms in total. The molecular weight excluding hydrogens is 220 g/mol. The van der Waals surface area contributed by atoms with Crippen molar-refractivity contribution in [2.24, 2.45) is 0 Å². The van der Waals surface area contributed by atoms with Crippen LogP contribution in [-0.2, 0) is 16.0 Å². The van der Waals surface area contributed by atoms with Gasteiger partial charge in [0, 0.05) is 5.56 Å². The minimum atomic E-state index is -0.333. The summed E-state index contributed by atoms with van der Waals surface area (Å²) in [5, 5.41) is 0. The molecule has 92 valence electrons. The van der Waals surface area contributed by atoms with Crippen LogP contribution in [-0.4, -0.2) is 25.5 Å². The van der Waals surface area contributed by atoms with Crippen LogP contribution in [0.25, 0.3) is 0 Å². The lowest BCUT2D eigenvalue weighted by molar-refractivity contribution is -0.142. The highest BCUT2D eigenvalue weighted by Crippen LogP contribution is 2.19. The largest absolute Gasteiger partial charge is 0.497 e. The molecule has 0 amide bonds. The zero-order valence-corrected chi connectivity index (χ0v) is 10.3. The Bertz CT molecular complexity index is 423. The fraction of sp³-hybridized carbons (Fsp3) is 0.385. The molecule has 0 spiro atoms. The van der Waals surface area contributed by atoms with Gasteiger partial charge in [0.2, 0.25) is 0 Å². The van der Waals surface area contributed by atoms with E-state index in [4.69, 9.17) is 9.47 Å². The van der Waals surface area contributed by atoms with Gasteiger partial charge in [-0.05, 0) is 31.5 Å². The van der Waals surface area contributed by atoms with Crippen molar-refractivity contribution in [2.75, 3.05) is 13.7 Å². The quantitative estimate of drug-likeness (QED) is 0.579. The van der Waals surface area contributed by atoms with E-state index in [0.29, 0.717) is 23.5 Å². The lowest BCUT2D eigenvalue weighted by atomic mass is 10.0. The van der Waals surface area contributed by atoms with Gasteiger partial charge >= 0.3 is 5.97 Å². The van der Waals surface area contributed by atoms with E-state index in [9.17, 15) is 9.59 Å². The molecule has 1 aromatic rings. The van der Waals surface area contributed by atoms with Crippen LogP contribution in [0.5, 0.6) is 5.75 Å². The Hall–Kier alpha value is -1.84. The fourth-order valence-corrected chi connectivity index (χ4v) is 1.53. The number of rotatable bonds is 5. The zero-order valence-electron chi connectivity index (χ0n) is 10.3. The number of methoxy groups -OCH3 is 1. The predicted octanol–water partition coefficient (Wildman–Crippen LogP) is 2.00. The van der Waals surface area contributed by atoms with Crippen molar-refractivity contribution in [3.63, 3.8) is 0 Å². The van der Waals surface area contributed by atoms with Gasteiger partial charge in [0.15, 0.2) is 5.78 Å². The average Bonchev–Trinajstić information content (AvgIpc) is 2.29. The summed E-state index contributed by atoms with van der Waals surface area (Å²) in [6, 6.07) is 5.07. The van der Waals surface area contributed by atoms with E-state index in [1.54, 1.807) is 25.1 Å². The monoisotopic (exact) mass is 236 g/mol. The van der Waals surface area contributed by atoms with Crippen LogP contribution >= 0.6 is 0 Å². The number of Topliss-reactive ketones (excluding diaryl/α,β-unsaturated/α-hetero) is 1. The molecule has 0 aromatic heterocycles. The van der Waals surface area contributed by atoms with Gasteiger partial charge in [0.05, 0.1) is 20.1 Å². The molecule has 17 heavy (non-hydrogen) atoms. The Labute approximate surface area is 101 Å². The van der Waals surface area contributed by atoms with Crippen LogP contribution in [0.4, 0.5) is 0 Å². The summed E-state index contributed by atoms with van der Waals surface area (Å²) in [5.74, 6) is 0.172. The van der Waals surface area contributed by atoms with E-state index < -0.39 is 0 Å². The lowest BCUT2D eigenvalue weighted by Crippen LogP contribution is -2.10. The van der Waals surface area contributed by atoms with Crippen LogP contribution in [0.3, 0.4) is 0 Å². The van der Waals surface area contributed by atoms with Gasteiger partial charge in [-0.15, -0.1) is 0 Å². The van der Waals surface area contributed by atoms with Crippen molar-refractivity contribution in [1.82, 2.24) is 0 Å². The summed E-state index contributed by atoms with van der Waals surface area (Å²) in [6.45, 7) is 3.55. The maximum atomic E-state index is 11.5. The van der Waals surface area contributed by atoms with E-state index in [-0.39, 0.29) is 18.2 Å². The number of carbonyl (C=O) groups is 2. The number of ether oxygens (including phenoxy) is 2. The standard InChI is InChI=1S/C13H16O4/c1-4-17-13(15)7-10-5-6-11(16-3)8-12(10)9(2)14/h5-6,8H,4,7H2,1-3H3. The van der Waals surface area contributed by atoms with Crippen LogP contribution < -0.4 is 4.74 Å². The molecule has 0 N–H and O–H groups in total. The molecule has 0 aliphatic heterocycles. The molecule has 1 aromatic carbocycles. The SMILES string of the molecule is CCOC(=O)Cc1ccc(OC)cc1C(C)=O. The number of hydrogen-bond donors (Lipinski definition) is 0. The number of hydrogen-bond acceptors (Lipinski definition) is 4. The fourth-order valence-electron chi connectivity index (χ4n) is 1.53. The smallest absolute Gasteiger partial charge is 0.310 e. The second-order valence-corrected chi connectivity index (χ2v) is 3.56. The molecule has 0 heterocycles. The Kier molecular flexibility index (Phi) is 4.69. The van der Waals surface area contributed by atoms with Gasteiger partial charge in [-0.25, -0.2) is 0 Å². The number of benzene rings is 1. The molecule has 0 saturated carbocycles. The topological polar surface area (TPSA) is 52.6 Å². The van der Waals surface area contributed by atoms with Crippen molar-refractivity contribution >= 4 is 11.8 Å². The third-order valence-electron chi connectivity index (χ3n) is 2.34. The molecule has 0 aliphatic rings. The molecule has 0 atom stereocenters. The van der Waals surface area contributed by atoms with Crippen molar-refractivity contribution in [3.05, 3.63) is 29.3 Å². The van der Waals surface area contributed by atoms with Gasteiger partial charge in [0.1, 0.15) is 5.75 Å². The summed E-state index contributed by atoms with van der Waals surface area (Å²) >= 11 is 0. The summed E-state index contributed by atoms with van der Waals surface area (Å²) in [7, 11) is 1.53. The van der Waals surface area contributed by atoms with Gasteiger partial charge in [0.25, 0.3) is 0 Å². The van der Waals surface area contributed by atoms with Crippen molar-refractivity contribution in [1.29, 1.82) is 0 Å². The summed E-state index contributed by atoms with van der Waals surface area (Å²) in [4.78, 5) is 22.8. The first kappa shape index (κ1) is 13.2. The Morgan fingerprint density at radius 1 is 1.29 bits per heavy atom. The minimum Gasteiger partial charge on any atom is -0.497 e. The van der Waals surface area contributed by atoms with Gasteiger partial charge < -0.3 is 9.47 Å². The van der Waals surface area contributed by atoms with Crippen LogP contribution in [0, 0.1) is 0 Å². The maximum Gasteiger partial charge on any atom is 0.310 e. The molecule has 0 fully saturated rings. The van der Waals surface area contributed by atoms with Crippen LogP contribution in [0.2, 0.25) is 0 Å². The first-order valence-corrected chi connectivity index (χ1v) is 5.42. The zero-order chi connectivity index (χ0) is 12.8. The second-order valence-electron chi connectivity index (χ2n) is 3.56. The highest BCUT2D eigenvalue weighted by atomic mass is 16.5. The minimum absolute atomic E-state index is 0.0943.